The van der Waals surface area contributed by atoms with Crippen LogP contribution < -0.4 is 4.90 Å². The predicted molar refractivity (Wildman–Crippen MR) is 65.6 cm³/mol. The number of rotatable bonds is 4. The Morgan fingerprint density at radius 1 is 1.38 bits per heavy atom. The van der Waals surface area contributed by atoms with E-state index in [0.717, 1.165) is 32.0 Å². The van der Waals surface area contributed by atoms with E-state index < -0.39 is 0 Å². The Bertz CT molecular complexity index is 310. The van der Waals surface area contributed by atoms with Gasteiger partial charge in [0.1, 0.15) is 5.82 Å². The zero-order chi connectivity index (χ0) is 11.4. The van der Waals surface area contributed by atoms with E-state index in [4.69, 9.17) is 0 Å². The van der Waals surface area contributed by atoms with Gasteiger partial charge in [-0.1, -0.05) is 13.8 Å². The van der Waals surface area contributed by atoms with E-state index in [1.54, 1.807) is 12.4 Å². The summed E-state index contributed by atoms with van der Waals surface area (Å²) in [6.45, 7) is 8.91. The van der Waals surface area contributed by atoms with Crippen LogP contribution in [0.4, 0.5) is 5.82 Å². The second-order valence-electron chi connectivity index (χ2n) is 4.17. The minimum Gasteiger partial charge on any atom is -0.354 e. The van der Waals surface area contributed by atoms with Gasteiger partial charge in [-0.25, -0.2) is 4.98 Å². The number of likely N-dealkylation sites (N-methyl/N-ethyl adjacent to an activating group) is 1. The number of hydrogen-bond donors (Lipinski definition) is 0. The molecule has 0 bridgehead atoms. The lowest BCUT2D eigenvalue weighted by molar-refractivity contribution is 0.232. The predicted octanol–water partition coefficient (Wildman–Crippen LogP) is 1.40. The highest BCUT2D eigenvalue weighted by atomic mass is 15.3. The van der Waals surface area contributed by atoms with E-state index in [9.17, 15) is 0 Å². The summed E-state index contributed by atoms with van der Waals surface area (Å²) in [6, 6.07) is 0.678. The van der Waals surface area contributed by atoms with Gasteiger partial charge in [-0.05, 0) is 19.5 Å². The molecular weight excluding hydrogens is 200 g/mol. The second kappa shape index (κ2) is 5.25. The highest BCUT2D eigenvalue weighted by Crippen LogP contribution is 2.20. The summed E-state index contributed by atoms with van der Waals surface area (Å²) < 4.78 is 0. The molecule has 88 valence electrons. The van der Waals surface area contributed by atoms with Crippen molar-refractivity contribution in [1.82, 2.24) is 14.9 Å². The molecule has 1 unspecified atom stereocenters. The Kier molecular flexibility index (Phi) is 3.72. The van der Waals surface area contributed by atoms with Crippen LogP contribution in [-0.4, -0.2) is 47.1 Å². The van der Waals surface area contributed by atoms with Gasteiger partial charge in [0.2, 0.25) is 0 Å². The van der Waals surface area contributed by atoms with Gasteiger partial charge in [-0.15, -0.1) is 0 Å². The van der Waals surface area contributed by atoms with Crippen molar-refractivity contribution in [3.05, 3.63) is 18.6 Å². The molecule has 4 nitrogen and oxygen atoms in total. The molecule has 1 aliphatic rings. The van der Waals surface area contributed by atoms with Crippen molar-refractivity contribution >= 4 is 5.82 Å². The van der Waals surface area contributed by atoms with Crippen molar-refractivity contribution in [2.24, 2.45) is 0 Å². The Labute approximate surface area is 97.3 Å². The monoisotopic (exact) mass is 220 g/mol. The standard InChI is InChI=1S/C12H20N4/c1-3-15(4-2)11-5-8-16(10-11)12-9-13-6-7-14-12/h6-7,9,11H,3-5,8,10H2,1-2H3. The fourth-order valence-corrected chi connectivity index (χ4v) is 2.44. The van der Waals surface area contributed by atoms with Crippen LogP contribution in [0.1, 0.15) is 20.3 Å². The molecule has 4 heteroatoms. The van der Waals surface area contributed by atoms with E-state index in [0.29, 0.717) is 6.04 Å². The van der Waals surface area contributed by atoms with Crippen molar-refractivity contribution in [2.75, 3.05) is 31.1 Å². The summed E-state index contributed by atoms with van der Waals surface area (Å²) in [6.07, 6.45) is 6.57. The number of hydrogen-bond acceptors (Lipinski definition) is 4. The first-order valence-corrected chi connectivity index (χ1v) is 6.10. The molecular formula is C12H20N4. The van der Waals surface area contributed by atoms with E-state index in [2.05, 4.69) is 33.6 Å². The number of aromatic nitrogens is 2. The average molecular weight is 220 g/mol. The van der Waals surface area contributed by atoms with E-state index in [-0.39, 0.29) is 0 Å². The normalized spacial score (nSPS) is 20.7. The van der Waals surface area contributed by atoms with Crippen LogP contribution >= 0.6 is 0 Å². The van der Waals surface area contributed by atoms with Crippen LogP contribution in [0.3, 0.4) is 0 Å². The minimum atomic E-state index is 0.678. The summed E-state index contributed by atoms with van der Waals surface area (Å²) in [5.74, 6) is 1.01. The summed E-state index contributed by atoms with van der Waals surface area (Å²) in [5, 5.41) is 0. The molecule has 0 N–H and O–H groups in total. The lowest BCUT2D eigenvalue weighted by Gasteiger charge is -2.26. The van der Waals surface area contributed by atoms with E-state index in [1.165, 1.54) is 6.42 Å². The molecule has 1 aromatic rings. The van der Waals surface area contributed by atoms with E-state index in [1.807, 2.05) is 6.20 Å². The maximum Gasteiger partial charge on any atom is 0.147 e. The van der Waals surface area contributed by atoms with Crippen molar-refractivity contribution in [3.63, 3.8) is 0 Å². The molecule has 0 saturated carbocycles. The molecule has 2 heterocycles. The molecule has 1 aromatic heterocycles. The largest absolute Gasteiger partial charge is 0.354 e. The first kappa shape index (κ1) is 11.3. The Morgan fingerprint density at radius 3 is 2.81 bits per heavy atom. The Morgan fingerprint density at radius 2 is 2.19 bits per heavy atom. The molecule has 1 saturated heterocycles. The van der Waals surface area contributed by atoms with Gasteiger partial charge < -0.3 is 4.90 Å². The molecule has 0 aromatic carbocycles. The van der Waals surface area contributed by atoms with Gasteiger partial charge in [0.05, 0.1) is 6.20 Å². The summed E-state index contributed by atoms with van der Waals surface area (Å²) in [7, 11) is 0. The van der Waals surface area contributed by atoms with Gasteiger partial charge >= 0.3 is 0 Å². The second-order valence-corrected chi connectivity index (χ2v) is 4.17. The van der Waals surface area contributed by atoms with Crippen LogP contribution in [0.2, 0.25) is 0 Å². The third kappa shape index (κ3) is 2.32. The summed E-state index contributed by atoms with van der Waals surface area (Å²) >= 11 is 0. The average Bonchev–Trinajstić information content (AvgIpc) is 2.81. The van der Waals surface area contributed by atoms with Crippen LogP contribution in [0.5, 0.6) is 0 Å². The molecule has 1 aliphatic heterocycles. The van der Waals surface area contributed by atoms with Crippen LogP contribution in [0.25, 0.3) is 0 Å². The van der Waals surface area contributed by atoms with Gasteiger partial charge in [0.15, 0.2) is 0 Å². The van der Waals surface area contributed by atoms with Crippen molar-refractivity contribution in [2.45, 2.75) is 26.3 Å². The molecule has 0 spiro atoms. The van der Waals surface area contributed by atoms with Crippen LogP contribution in [-0.2, 0) is 0 Å². The molecule has 1 fully saturated rings. The quantitative estimate of drug-likeness (QED) is 0.767. The third-order valence-electron chi connectivity index (χ3n) is 3.37. The molecule has 16 heavy (non-hydrogen) atoms. The Hall–Kier alpha value is -1.16. The summed E-state index contributed by atoms with van der Waals surface area (Å²) in [4.78, 5) is 13.3. The fraction of sp³-hybridized carbons (Fsp3) is 0.667. The maximum absolute atomic E-state index is 4.35. The molecule has 0 radical (unpaired) electrons. The maximum atomic E-state index is 4.35. The van der Waals surface area contributed by atoms with E-state index >= 15 is 0 Å². The number of anilines is 1. The minimum absolute atomic E-state index is 0.678. The van der Waals surface area contributed by atoms with Crippen LogP contribution in [0, 0.1) is 0 Å². The third-order valence-corrected chi connectivity index (χ3v) is 3.37. The van der Waals surface area contributed by atoms with Crippen molar-refractivity contribution in [1.29, 1.82) is 0 Å². The highest BCUT2D eigenvalue weighted by Gasteiger charge is 2.26. The zero-order valence-corrected chi connectivity index (χ0v) is 10.1. The topological polar surface area (TPSA) is 32.3 Å². The van der Waals surface area contributed by atoms with Crippen molar-refractivity contribution < 1.29 is 0 Å². The molecule has 0 aliphatic carbocycles. The smallest absolute Gasteiger partial charge is 0.147 e. The first-order valence-electron chi connectivity index (χ1n) is 6.10. The van der Waals surface area contributed by atoms with Crippen LogP contribution in [0.15, 0.2) is 18.6 Å². The zero-order valence-electron chi connectivity index (χ0n) is 10.1. The van der Waals surface area contributed by atoms with Gasteiger partial charge in [-0.2, -0.15) is 0 Å². The fourth-order valence-electron chi connectivity index (χ4n) is 2.44. The SMILES string of the molecule is CCN(CC)C1CCN(c2cnccn2)C1. The summed E-state index contributed by atoms with van der Waals surface area (Å²) in [5.41, 5.74) is 0. The van der Waals surface area contributed by atoms with Crippen molar-refractivity contribution in [3.8, 4) is 0 Å². The molecule has 0 amide bonds. The number of nitrogens with zero attached hydrogens (tertiary/aromatic N) is 4. The lowest BCUT2D eigenvalue weighted by atomic mass is 10.2. The lowest BCUT2D eigenvalue weighted by Crippen LogP contribution is -2.37. The highest BCUT2D eigenvalue weighted by molar-refractivity contribution is 5.36. The van der Waals surface area contributed by atoms with Gasteiger partial charge in [0, 0.05) is 31.5 Å². The Balaban J connectivity index is 1.98. The van der Waals surface area contributed by atoms with Gasteiger partial charge in [-0.3, -0.25) is 9.88 Å². The molecule has 2 rings (SSSR count). The van der Waals surface area contributed by atoms with Gasteiger partial charge in [0.25, 0.3) is 0 Å². The first-order chi connectivity index (χ1) is 7.85. The molecule has 1 atom stereocenters.